The van der Waals surface area contributed by atoms with E-state index in [0.717, 1.165) is 140 Å². The number of ether oxygens (including phenoxy) is 9. The highest BCUT2D eigenvalue weighted by Crippen LogP contribution is 2.73. The molecule has 15 rings (SSSR count). The van der Waals surface area contributed by atoms with Gasteiger partial charge in [-0.1, -0.05) is 151 Å². The maximum Gasteiger partial charge on any atom is 0.494 e. The molecular formula is C119H161BBr3N7O20. The summed E-state index contributed by atoms with van der Waals surface area (Å²) in [4.78, 5) is 128. The van der Waals surface area contributed by atoms with Gasteiger partial charge in [-0.05, 0) is 401 Å². The van der Waals surface area contributed by atoms with E-state index in [1.54, 1.807) is 70.8 Å². The number of nitrogens with zero attached hydrogens (tertiary/aromatic N) is 7. The quantitative estimate of drug-likeness (QED) is 0.0209. The van der Waals surface area contributed by atoms with E-state index in [1.165, 1.54) is 5.57 Å². The lowest BCUT2D eigenvalue weighted by molar-refractivity contribution is -0.161. The molecule has 3 saturated carbocycles. The maximum absolute atomic E-state index is 13.8. The highest BCUT2D eigenvalue weighted by molar-refractivity contribution is 9.11. The average Bonchev–Trinajstić information content (AvgIpc) is 1.51. The molecule has 816 valence electrons. The van der Waals surface area contributed by atoms with Crippen LogP contribution in [0.3, 0.4) is 0 Å². The minimum Gasteiger partial charge on any atom is -0.460 e. The van der Waals surface area contributed by atoms with Gasteiger partial charge in [-0.25, -0.2) is 24.0 Å². The first-order valence-corrected chi connectivity index (χ1v) is 54.5. The van der Waals surface area contributed by atoms with Crippen molar-refractivity contribution < 1.29 is 99.9 Å². The van der Waals surface area contributed by atoms with Crippen LogP contribution in [-0.2, 0) is 98.6 Å². The molecule has 0 radical (unpaired) electrons. The molecule has 5 aliphatic heterocycles. The smallest absolute Gasteiger partial charge is 0.460 e. The summed E-state index contributed by atoms with van der Waals surface area (Å²) >= 11 is 10.1. The number of amides is 4. The van der Waals surface area contributed by atoms with E-state index < -0.39 is 90.9 Å². The summed E-state index contributed by atoms with van der Waals surface area (Å²) in [5.41, 5.74) is 10.2. The summed E-state index contributed by atoms with van der Waals surface area (Å²) in [7, 11) is -0.457. The number of aromatic nitrogens is 1. The van der Waals surface area contributed by atoms with Gasteiger partial charge < -0.3 is 77.1 Å². The van der Waals surface area contributed by atoms with Gasteiger partial charge in [0.25, 0.3) is 0 Å². The van der Waals surface area contributed by atoms with Gasteiger partial charge in [0.2, 0.25) is 0 Å². The normalized spacial score (nSPS) is 20.3. The van der Waals surface area contributed by atoms with Gasteiger partial charge in [0.05, 0.1) is 44.9 Å². The molecule has 3 unspecified atom stereocenters. The summed E-state index contributed by atoms with van der Waals surface area (Å²) in [5, 5.41) is 1.11. The zero-order valence-corrected chi connectivity index (χ0v) is 99.1. The van der Waals surface area contributed by atoms with E-state index in [4.69, 9.17) is 57.5 Å². The Morgan fingerprint density at radius 1 is 0.380 bits per heavy atom. The van der Waals surface area contributed by atoms with Gasteiger partial charge in [0.1, 0.15) is 50.4 Å². The predicted molar refractivity (Wildman–Crippen MR) is 596 cm³/mol. The molecule has 7 aromatic rings. The number of carbonyl (C=O) groups is 9. The lowest BCUT2D eigenvalue weighted by atomic mass is 9.76. The zero-order valence-electron chi connectivity index (χ0n) is 94.4. The number of benzene rings is 6. The summed E-state index contributed by atoms with van der Waals surface area (Å²) in [6.07, 6.45) is 9.55. The van der Waals surface area contributed by atoms with Crippen molar-refractivity contribution in [3.05, 3.63) is 217 Å². The van der Waals surface area contributed by atoms with Crippen molar-refractivity contribution in [1.29, 1.82) is 0 Å². The standard InChI is InChI=1S/C32H38N2O4.C29H44BNO6.C23H32BrNO4.C12H13BrN2O2.C12H15BrO2.C11H19NO2/c1-29(2,3)37-27(35)32(21-31(32)15-18-34(19-16-31)28(36)38-30(4,5)6)25-13-11-22(12-14-25)24-10-9-23-8-7-17-33-26(23)20-24;1-24(2,3)34-22(32)29(19-28(29)15-17-31(18-16-28)23(33)35-25(4,5)6)20-11-13-21(14-12-20)30-36-26(7,8)27(9,10)37-30;1-20(2,3)28-18(26)23(16-7-9-17(24)10-8-16)15-22(23)11-13-25(14-12-22)19(27)29-21(4,5)6;1-12(2,3)17-11(16)10(15-14)8-4-6-9(13)7-5-8;1-12(2,3)15-11(14)8-9-4-6-10(13)7-5-9;1-9-5-7-12(8-6-9)10(13)14-11(2,3)4/h7-14,17,20H,15-16,18-19,21H2,1-6H3;11-14H,15-19H2,1-10H3;7-10H,11-15H2,1-6H3;4-7H,1-3H3;4-7H,8H2,1-3H3;1,5-8H2,2-4H3. The van der Waals surface area contributed by atoms with Crippen LogP contribution in [0.4, 0.5) is 19.2 Å². The number of hydrogen-bond donors (Lipinski definition) is 0. The molecule has 5 saturated heterocycles. The fraction of sp³-hybridized carbons (Fsp3) is 0.571. The van der Waals surface area contributed by atoms with Gasteiger partial charge in [-0.3, -0.25) is 24.2 Å². The van der Waals surface area contributed by atoms with Crippen LogP contribution in [0.15, 0.2) is 183 Å². The van der Waals surface area contributed by atoms with Gasteiger partial charge in [-0.15, -0.1) is 0 Å². The molecule has 3 atom stereocenters. The molecule has 4 amide bonds. The van der Waals surface area contributed by atoms with Crippen molar-refractivity contribution in [2.24, 2.45) is 16.2 Å². The Labute approximate surface area is 915 Å². The first-order chi connectivity index (χ1) is 69.0. The molecule has 3 aliphatic carbocycles. The van der Waals surface area contributed by atoms with Crippen LogP contribution in [0.2, 0.25) is 0 Å². The number of halogens is 3. The predicted octanol–water partition coefficient (Wildman–Crippen LogP) is 26.1. The fourth-order valence-electron chi connectivity index (χ4n) is 19.5. The number of rotatable bonds is 12. The Kier molecular flexibility index (Phi) is 37.7. The Bertz CT molecular complexity index is 5990. The number of carbonyl (C=O) groups excluding carboxylic acids is 9. The van der Waals surface area contributed by atoms with Crippen LogP contribution in [-0.4, -0.2) is 210 Å². The Morgan fingerprint density at radius 3 is 1.01 bits per heavy atom. The van der Waals surface area contributed by atoms with Crippen LogP contribution >= 0.6 is 47.8 Å². The molecule has 31 heteroatoms. The second-order valence-corrected chi connectivity index (χ2v) is 53.5. The van der Waals surface area contributed by atoms with Crippen molar-refractivity contribution in [3.8, 4) is 11.1 Å². The lowest BCUT2D eigenvalue weighted by Gasteiger charge is -2.36. The molecule has 0 bridgehead atoms. The van der Waals surface area contributed by atoms with Crippen LogP contribution in [0.1, 0.15) is 313 Å². The van der Waals surface area contributed by atoms with Crippen LogP contribution in [0, 0.1) is 16.2 Å². The number of pyridine rings is 1. The number of fused-ring (bicyclic) bond motifs is 1. The van der Waals surface area contributed by atoms with Gasteiger partial charge in [-0.2, -0.15) is 4.79 Å². The SMILES string of the molecule is C=C1CCN(C(=O)OC(C)(C)C)CC1.CC(C)(C)OC(=O)C(=[N+]=[N-])c1ccc(Br)cc1.CC(C)(C)OC(=O)Cc1ccc(Br)cc1.CC(C)(C)OC(=O)N1CCC2(CC1)CC2(C(=O)OC(C)(C)C)c1ccc(-c2ccc3cccnc3c2)cc1.CC(C)(C)OC(=O)N1CCC2(CC1)CC2(C(=O)OC(C)(C)C)c1ccc(B2OC(C)(C)C(C)(C)O2)cc1.CC(C)(C)OC(=O)N1CCC2(CC1)CC2(C(=O)OC(C)(C)C)c1ccc(Br)cc1. The van der Waals surface area contributed by atoms with E-state index in [0.29, 0.717) is 57.7 Å². The van der Waals surface area contributed by atoms with Crippen LogP contribution < -0.4 is 5.46 Å². The Balaban J connectivity index is 0.000000192. The maximum atomic E-state index is 13.8. The highest BCUT2D eigenvalue weighted by Gasteiger charge is 2.76. The second-order valence-electron chi connectivity index (χ2n) is 50.8. The molecule has 27 nitrogen and oxygen atoms in total. The highest BCUT2D eigenvalue weighted by atomic mass is 79.9. The first-order valence-electron chi connectivity index (χ1n) is 52.1. The minimum atomic E-state index is -0.727. The molecule has 0 N–H and O–H groups in total. The summed E-state index contributed by atoms with van der Waals surface area (Å²) in [6.45, 7) is 67.5. The third-order valence-electron chi connectivity index (χ3n) is 27.7. The minimum absolute atomic E-state index is 0.104. The van der Waals surface area contributed by atoms with E-state index in [-0.39, 0.29) is 70.2 Å². The van der Waals surface area contributed by atoms with Crippen molar-refractivity contribution in [3.63, 3.8) is 0 Å². The third-order valence-corrected chi connectivity index (χ3v) is 29.3. The van der Waals surface area contributed by atoms with Crippen molar-refractivity contribution >= 4 is 131 Å². The number of likely N-dealkylation sites (tertiary alicyclic amines) is 4. The van der Waals surface area contributed by atoms with Gasteiger partial charge in [0, 0.05) is 77.4 Å². The fourth-order valence-corrected chi connectivity index (χ4v) is 20.3. The second kappa shape index (κ2) is 46.5. The average molecular weight is 2260 g/mol. The topological polar surface area (TPSA) is 317 Å². The summed E-state index contributed by atoms with van der Waals surface area (Å²) < 4.78 is 65.5. The van der Waals surface area contributed by atoms with Crippen LogP contribution in [0.25, 0.3) is 27.6 Å². The summed E-state index contributed by atoms with van der Waals surface area (Å²) in [6, 6.07) is 49.2. The molecular weight excluding hydrogens is 2100 g/mol. The van der Waals surface area contributed by atoms with E-state index in [2.05, 4.69) is 113 Å². The van der Waals surface area contributed by atoms with Crippen molar-refractivity contribution in [2.75, 3.05) is 52.4 Å². The molecule has 8 fully saturated rings. The Morgan fingerprint density at radius 2 is 0.680 bits per heavy atom. The zero-order chi connectivity index (χ0) is 112. The molecule has 6 heterocycles. The van der Waals surface area contributed by atoms with E-state index in [9.17, 15) is 43.2 Å². The summed E-state index contributed by atoms with van der Waals surface area (Å²) in [5.74, 6) is -1.35. The van der Waals surface area contributed by atoms with Crippen molar-refractivity contribution in [1.82, 2.24) is 24.6 Å². The number of esters is 5. The molecule has 1 aromatic heterocycles. The molecule has 8 aliphatic rings. The van der Waals surface area contributed by atoms with Crippen molar-refractivity contribution in [2.45, 2.75) is 370 Å². The Hall–Kier alpha value is -10.3. The molecule has 3 spiro atoms. The largest absolute Gasteiger partial charge is 0.494 e. The number of piperidine rings is 4. The van der Waals surface area contributed by atoms with E-state index >= 15 is 0 Å². The number of hydrogen-bond acceptors (Lipinski definition) is 21. The lowest BCUT2D eigenvalue weighted by Crippen LogP contribution is -2.45. The van der Waals surface area contributed by atoms with Crippen LogP contribution in [0.5, 0.6) is 0 Å². The monoisotopic (exact) mass is 2260 g/mol. The first kappa shape index (κ1) is 122. The van der Waals surface area contributed by atoms with E-state index in [1.807, 2.05) is 273 Å². The van der Waals surface area contributed by atoms with Gasteiger partial charge >= 0.3 is 67.0 Å². The third kappa shape index (κ3) is 32.2. The molecule has 6 aromatic carbocycles. The van der Waals surface area contributed by atoms with Gasteiger partial charge in [0.15, 0.2) is 0 Å². The molecule has 150 heavy (non-hydrogen) atoms.